The second kappa shape index (κ2) is 6.35. The Hall–Kier alpha value is -1.62. The number of halogens is 2. The van der Waals surface area contributed by atoms with Crippen LogP contribution in [0.25, 0.3) is 0 Å². The smallest absolute Gasteiger partial charge is 0.307 e. The van der Waals surface area contributed by atoms with Crippen molar-refractivity contribution < 1.29 is 18.7 Å². The van der Waals surface area contributed by atoms with E-state index in [2.05, 4.69) is 10.1 Å². The summed E-state index contributed by atoms with van der Waals surface area (Å²) in [6.07, 6.45) is 0.0183. The van der Waals surface area contributed by atoms with E-state index in [1.807, 2.05) is 0 Å². The highest BCUT2D eigenvalue weighted by Gasteiger charge is 2.17. The van der Waals surface area contributed by atoms with Gasteiger partial charge in [-0.25, -0.2) is 4.39 Å². The highest BCUT2D eigenvalue weighted by atomic mass is 35.5. The monoisotopic (exact) mass is 273 g/mol. The number of carbonyl (C=O) groups is 2. The summed E-state index contributed by atoms with van der Waals surface area (Å²) >= 11 is 5.57. The van der Waals surface area contributed by atoms with E-state index in [-0.39, 0.29) is 17.0 Å². The standard InChI is InChI=1S/C12H13ClFNO3/c1-7(6-10(16)18-2)15-12(17)8-4-3-5-9(13)11(8)14/h3-5,7H,6H2,1-2H3,(H,15,17). The highest BCUT2D eigenvalue weighted by molar-refractivity contribution is 6.31. The molecule has 1 atom stereocenters. The fraction of sp³-hybridized carbons (Fsp3) is 0.333. The fourth-order valence-electron chi connectivity index (χ4n) is 1.37. The number of methoxy groups -OCH3 is 1. The van der Waals surface area contributed by atoms with Crippen LogP contribution in [0.2, 0.25) is 5.02 Å². The molecule has 6 heteroatoms. The van der Waals surface area contributed by atoms with Crippen LogP contribution >= 0.6 is 11.6 Å². The third-order valence-electron chi connectivity index (χ3n) is 2.27. The van der Waals surface area contributed by atoms with E-state index in [0.29, 0.717) is 0 Å². The molecule has 1 N–H and O–H groups in total. The lowest BCUT2D eigenvalue weighted by molar-refractivity contribution is -0.141. The molecule has 0 heterocycles. The van der Waals surface area contributed by atoms with Gasteiger partial charge in [-0.05, 0) is 19.1 Å². The first kappa shape index (κ1) is 14.4. The van der Waals surface area contributed by atoms with Gasteiger partial charge in [0.05, 0.1) is 24.1 Å². The van der Waals surface area contributed by atoms with Crippen LogP contribution in [0, 0.1) is 5.82 Å². The van der Waals surface area contributed by atoms with Crippen molar-refractivity contribution in [3.63, 3.8) is 0 Å². The Morgan fingerprint density at radius 3 is 2.78 bits per heavy atom. The normalized spacial score (nSPS) is 11.8. The van der Waals surface area contributed by atoms with E-state index in [4.69, 9.17) is 11.6 Å². The SMILES string of the molecule is COC(=O)CC(C)NC(=O)c1cccc(Cl)c1F. The molecule has 0 aliphatic heterocycles. The summed E-state index contributed by atoms with van der Waals surface area (Å²) in [4.78, 5) is 22.7. The van der Waals surface area contributed by atoms with Gasteiger partial charge in [0, 0.05) is 6.04 Å². The van der Waals surface area contributed by atoms with Crippen molar-refractivity contribution in [3.05, 3.63) is 34.6 Å². The average molecular weight is 274 g/mol. The van der Waals surface area contributed by atoms with Crippen LogP contribution in [0.5, 0.6) is 0 Å². The molecule has 0 saturated heterocycles. The summed E-state index contributed by atoms with van der Waals surface area (Å²) < 4.78 is 18.0. The van der Waals surface area contributed by atoms with Gasteiger partial charge in [-0.3, -0.25) is 9.59 Å². The van der Waals surface area contributed by atoms with E-state index in [9.17, 15) is 14.0 Å². The molecular weight excluding hydrogens is 261 g/mol. The molecule has 4 nitrogen and oxygen atoms in total. The Bertz CT molecular complexity index is 465. The fourth-order valence-corrected chi connectivity index (χ4v) is 1.54. The van der Waals surface area contributed by atoms with Gasteiger partial charge in [-0.15, -0.1) is 0 Å². The Balaban J connectivity index is 2.71. The number of benzene rings is 1. The summed E-state index contributed by atoms with van der Waals surface area (Å²) in [6.45, 7) is 1.62. The van der Waals surface area contributed by atoms with Gasteiger partial charge in [0.15, 0.2) is 5.82 Å². The zero-order chi connectivity index (χ0) is 13.7. The molecule has 0 aromatic heterocycles. The number of hydrogen-bond acceptors (Lipinski definition) is 3. The predicted molar refractivity (Wildman–Crippen MR) is 65.0 cm³/mol. The minimum absolute atomic E-state index is 0.0183. The minimum atomic E-state index is -0.776. The molecule has 0 aliphatic carbocycles. The van der Waals surface area contributed by atoms with E-state index in [1.165, 1.54) is 25.3 Å². The van der Waals surface area contributed by atoms with Crippen molar-refractivity contribution in [2.75, 3.05) is 7.11 Å². The highest BCUT2D eigenvalue weighted by Crippen LogP contribution is 2.17. The Morgan fingerprint density at radius 2 is 2.17 bits per heavy atom. The number of amides is 1. The number of nitrogens with one attached hydrogen (secondary N) is 1. The van der Waals surface area contributed by atoms with Crippen LogP contribution in [-0.2, 0) is 9.53 Å². The second-order valence-corrected chi connectivity index (χ2v) is 4.16. The van der Waals surface area contributed by atoms with E-state index >= 15 is 0 Å². The van der Waals surface area contributed by atoms with Crippen LogP contribution < -0.4 is 5.32 Å². The molecule has 0 bridgehead atoms. The number of rotatable bonds is 4. The first-order valence-corrected chi connectivity index (χ1v) is 5.65. The lowest BCUT2D eigenvalue weighted by atomic mass is 10.1. The van der Waals surface area contributed by atoms with Crippen LogP contribution in [-0.4, -0.2) is 25.0 Å². The lowest BCUT2D eigenvalue weighted by Gasteiger charge is -2.13. The summed E-state index contributed by atoms with van der Waals surface area (Å²) in [5.41, 5.74) is -0.154. The van der Waals surface area contributed by atoms with Gasteiger partial charge in [0.25, 0.3) is 5.91 Å². The number of hydrogen-bond donors (Lipinski definition) is 1. The van der Waals surface area contributed by atoms with Gasteiger partial charge in [-0.2, -0.15) is 0 Å². The number of ether oxygens (including phenoxy) is 1. The molecule has 0 saturated carbocycles. The van der Waals surface area contributed by atoms with Crippen molar-refractivity contribution >= 4 is 23.5 Å². The third kappa shape index (κ3) is 3.70. The molecule has 98 valence electrons. The maximum atomic E-state index is 13.5. The van der Waals surface area contributed by atoms with Crippen molar-refractivity contribution in [2.24, 2.45) is 0 Å². The summed E-state index contributed by atoms with van der Waals surface area (Å²) in [6, 6.07) is 3.70. The Labute approximate surface area is 109 Å². The predicted octanol–water partition coefficient (Wildman–Crippen LogP) is 2.16. The van der Waals surface area contributed by atoms with Gasteiger partial charge in [0.1, 0.15) is 0 Å². The summed E-state index contributed by atoms with van der Waals surface area (Å²) in [5, 5.41) is 2.37. The zero-order valence-electron chi connectivity index (χ0n) is 10.00. The first-order chi connectivity index (χ1) is 8.45. The van der Waals surface area contributed by atoms with Crippen molar-refractivity contribution in [1.29, 1.82) is 0 Å². The molecule has 0 radical (unpaired) electrons. The molecule has 0 fully saturated rings. The zero-order valence-corrected chi connectivity index (χ0v) is 10.8. The topological polar surface area (TPSA) is 55.4 Å². The molecule has 1 aromatic rings. The quantitative estimate of drug-likeness (QED) is 0.856. The minimum Gasteiger partial charge on any atom is -0.469 e. The van der Waals surface area contributed by atoms with E-state index < -0.39 is 23.7 Å². The van der Waals surface area contributed by atoms with Crippen LogP contribution in [0.3, 0.4) is 0 Å². The molecular formula is C12H13ClFNO3. The second-order valence-electron chi connectivity index (χ2n) is 3.76. The van der Waals surface area contributed by atoms with E-state index in [1.54, 1.807) is 6.92 Å². The maximum absolute atomic E-state index is 13.5. The molecule has 0 aliphatic rings. The molecule has 1 rings (SSSR count). The Morgan fingerprint density at radius 1 is 1.50 bits per heavy atom. The van der Waals surface area contributed by atoms with Crippen molar-refractivity contribution in [2.45, 2.75) is 19.4 Å². The third-order valence-corrected chi connectivity index (χ3v) is 2.57. The first-order valence-electron chi connectivity index (χ1n) is 5.27. The number of carbonyl (C=O) groups excluding carboxylic acids is 2. The van der Waals surface area contributed by atoms with Crippen LogP contribution in [0.4, 0.5) is 4.39 Å². The Kier molecular flexibility index (Phi) is 5.09. The van der Waals surface area contributed by atoms with Crippen LogP contribution in [0.1, 0.15) is 23.7 Å². The maximum Gasteiger partial charge on any atom is 0.307 e. The van der Waals surface area contributed by atoms with Gasteiger partial charge >= 0.3 is 5.97 Å². The largest absolute Gasteiger partial charge is 0.469 e. The van der Waals surface area contributed by atoms with Gasteiger partial charge in [0.2, 0.25) is 0 Å². The molecule has 1 amide bonds. The molecule has 18 heavy (non-hydrogen) atoms. The van der Waals surface area contributed by atoms with Gasteiger partial charge in [-0.1, -0.05) is 17.7 Å². The number of esters is 1. The van der Waals surface area contributed by atoms with E-state index in [0.717, 1.165) is 0 Å². The van der Waals surface area contributed by atoms with Gasteiger partial charge < -0.3 is 10.1 Å². The average Bonchev–Trinajstić information content (AvgIpc) is 2.32. The summed E-state index contributed by atoms with van der Waals surface area (Å²) in [5.74, 6) is -1.84. The molecule has 0 spiro atoms. The molecule has 1 unspecified atom stereocenters. The lowest BCUT2D eigenvalue weighted by Crippen LogP contribution is -2.35. The molecule has 1 aromatic carbocycles. The summed E-state index contributed by atoms with van der Waals surface area (Å²) in [7, 11) is 1.26. The van der Waals surface area contributed by atoms with Crippen LogP contribution in [0.15, 0.2) is 18.2 Å². The van der Waals surface area contributed by atoms with Crippen molar-refractivity contribution in [3.8, 4) is 0 Å². The van der Waals surface area contributed by atoms with Crippen molar-refractivity contribution in [1.82, 2.24) is 5.32 Å².